The van der Waals surface area contributed by atoms with Crippen molar-refractivity contribution in [2.45, 2.75) is 25.4 Å². The number of aliphatic hydroxyl groups is 1. The van der Waals surface area contributed by atoms with Crippen LogP contribution in [0, 0.1) is 0 Å². The Morgan fingerprint density at radius 2 is 1.81 bits per heavy atom. The Labute approximate surface area is 125 Å². The molecular formula is C19H19NO. The molecule has 2 aromatic carbocycles. The van der Waals surface area contributed by atoms with Crippen molar-refractivity contribution < 1.29 is 5.11 Å². The molecule has 0 aliphatic rings. The summed E-state index contributed by atoms with van der Waals surface area (Å²) in [5.41, 5.74) is 2.30. The maximum absolute atomic E-state index is 10.5. The highest BCUT2D eigenvalue weighted by molar-refractivity contribution is 5.85. The summed E-state index contributed by atoms with van der Waals surface area (Å²) in [6, 6.07) is 18.4. The molecule has 0 aliphatic heterocycles. The summed E-state index contributed by atoms with van der Waals surface area (Å²) in [7, 11) is 0. The molecule has 0 aliphatic carbocycles. The van der Waals surface area contributed by atoms with Crippen molar-refractivity contribution in [3.8, 4) is 0 Å². The molecule has 2 nitrogen and oxygen atoms in total. The molecule has 3 aromatic rings. The van der Waals surface area contributed by atoms with Crippen LogP contribution in [0.4, 0.5) is 0 Å². The first-order valence-corrected chi connectivity index (χ1v) is 7.39. The van der Waals surface area contributed by atoms with E-state index in [9.17, 15) is 5.11 Å². The van der Waals surface area contributed by atoms with Gasteiger partial charge in [0.25, 0.3) is 0 Å². The number of aliphatic hydroxyl groups excluding tert-OH is 1. The molecule has 0 fully saturated rings. The SMILES string of the molecule is OC(CCCc1ccccc1)c1cccc2ccncc12. The minimum absolute atomic E-state index is 0.429. The average Bonchev–Trinajstić information content (AvgIpc) is 2.55. The van der Waals surface area contributed by atoms with Gasteiger partial charge in [-0.25, -0.2) is 0 Å². The molecule has 0 radical (unpaired) electrons. The zero-order valence-corrected chi connectivity index (χ0v) is 11.9. The van der Waals surface area contributed by atoms with Gasteiger partial charge < -0.3 is 5.11 Å². The zero-order valence-electron chi connectivity index (χ0n) is 11.9. The number of hydrogen-bond acceptors (Lipinski definition) is 2. The van der Waals surface area contributed by atoms with Crippen molar-refractivity contribution in [2.75, 3.05) is 0 Å². The van der Waals surface area contributed by atoms with Crippen molar-refractivity contribution in [2.24, 2.45) is 0 Å². The van der Waals surface area contributed by atoms with Crippen LogP contribution in [0.25, 0.3) is 10.8 Å². The Balaban J connectivity index is 1.68. The molecule has 1 aromatic heterocycles. The Morgan fingerprint density at radius 1 is 0.952 bits per heavy atom. The van der Waals surface area contributed by atoms with E-state index >= 15 is 0 Å². The lowest BCUT2D eigenvalue weighted by Gasteiger charge is -2.13. The third-order valence-corrected chi connectivity index (χ3v) is 3.86. The minimum atomic E-state index is -0.429. The predicted molar refractivity (Wildman–Crippen MR) is 86.1 cm³/mol. The second-order valence-corrected chi connectivity index (χ2v) is 5.34. The van der Waals surface area contributed by atoms with E-state index in [1.54, 1.807) is 6.20 Å². The third kappa shape index (κ3) is 3.29. The van der Waals surface area contributed by atoms with Crippen LogP contribution in [-0.4, -0.2) is 10.1 Å². The second kappa shape index (κ2) is 6.51. The van der Waals surface area contributed by atoms with Gasteiger partial charge in [-0.05, 0) is 41.8 Å². The lowest BCUT2D eigenvalue weighted by Crippen LogP contribution is -2.00. The molecule has 1 heterocycles. The minimum Gasteiger partial charge on any atom is -0.388 e. The normalized spacial score (nSPS) is 12.4. The van der Waals surface area contributed by atoms with Crippen molar-refractivity contribution >= 4 is 10.8 Å². The van der Waals surface area contributed by atoms with Gasteiger partial charge in [0, 0.05) is 17.8 Å². The largest absolute Gasteiger partial charge is 0.388 e. The number of pyridine rings is 1. The molecule has 2 heteroatoms. The van der Waals surface area contributed by atoms with E-state index in [-0.39, 0.29) is 0 Å². The fraction of sp³-hybridized carbons (Fsp3) is 0.211. The van der Waals surface area contributed by atoms with E-state index < -0.39 is 6.10 Å². The van der Waals surface area contributed by atoms with E-state index in [4.69, 9.17) is 0 Å². The summed E-state index contributed by atoms with van der Waals surface area (Å²) >= 11 is 0. The van der Waals surface area contributed by atoms with Crippen molar-refractivity contribution in [3.63, 3.8) is 0 Å². The number of rotatable bonds is 5. The fourth-order valence-electron chi connectivity index (χ4n) is 2.73. The Kier molecular flexibility index (Phi) is 4.27. The van der Waals surface area contributed by atoms with Crippen LogP contribution >= 0.6 is 0 Å². The molecule has 106 valence electrons. The highest BCUT2D eigenvalue weighted by Gasteiger charge is 2.10. The van der Waals surface area contributed by atoms with E-state index in [0.29, 0.717) is 0 Å². The average molecular weight is 277 g/mol. The summed E-state index contributed by atoms with van der Waals surface area (Å²) in [6.07, 6.45) is 5.94. The van der Waals surface area contributed by atoms with E-state index in [1.807, 2.05) is 30.5 Å². The van der Waals surface area contributed by atoms with Crippen molar-refractivity contribution in [3.05, 3.63) is 78.1 Å². The topological polar surface area (TPSA) is 33.1 Å². The van der Waals surface area contributed by atoms with Gasteiger partial charge in [-0.3, -0.25) is 4.98 Å². The molecule has 1 N–H and O–H groups in total. The van der Waals surface area contributed by atoms with Crippen LogP contribution in [0.2, 0.25) is 0 Å². The number of aromatic nitrogens is 1. The molecule has 0 spiro atoms. The van der Waals surface area contributed by atoms with Gasteiger partial charge in [-0.1, -0.05) is 48.5 Å². The van der Waals surface area contributed by atoms with Crippen LogP contribution in [0.1, 0.15) is 30.1 Å². The Morgan fingerprint density at radius 3 is 2.67 bits per heavy atom. The van der Waals surface area contributed by atoms with E-state index in [2.05, 4.69) is 35.3 Å². The highest BCUT2D eigenvalue weighted by Crippen LogP contribution is 2.26. The van der Waals surface area contributed by atoms with E-state index in [1.165, 1.54) is 5.56 Å². The maximum atomic E-state index is 10.5. The molecular weight excluding hydrogens is 258 g/mol. The molecule has 0 saturated heterocycles. The van der Waals surface area contributed by atoms with Gasteiger partial charge in [0.1, 0.15) is 0 Å². The van der Waals surface area contributed by atoms with Crippen LogP contribution < -0.4 is 0 Å². The molecule has 1 atom stereocenters. The zero-order chi connectivity index (χ0) is 14.5. The first kappa shape index (κ1) is 13.8. The fourth-order valence-corrected chi connectivity index (χ4v) is 2.73. The smallest absolute Gasteiger partial charge is 0.0796 e. The summed E-state index contributed by atoms with van der Waals surface area (Å²) < 4.78 is 0. The van der Waals surface area contributed by atoms with Crippen LogP contribution in [-0.2, 0) is 6.42 Å². The summed E-state index contributed by atoms with van der Waals surface area (Å²) in [5, 5.41) is 12.6. The van der Waals surface area contributed by atoms with Crippen molar-refractivity contribution in [1.82, 2.24) is 4.98 Å². The van der Waals surface area contributed by atoms with Crippen LogP contribution in [0.3, 0.4) is 0 Å². The first-order valence-electron chi connectivity index (χ1n) is 7.39. The molecule has 0 amide bonds. The molecule has 3 rings (SSSR count). The van der Waals surface area contributed by atoms with Crippen LogP contribution in [0.5, 0.6) is 0 Å². The molecule has 1 unspecified atom stereocenters. The number of fused-ring (bicyclic) bond motifs is 1. The molecule has 21 heavy (non-hydrogen) atoms. The molecule has 0 saturated carbocycles. The molecule has 0 bridgehead atoms. The van der Waals surface area contributed by atoms with Crippen LogP contribution in [0.15, 0.2) is 67.0 Å². The van der Waals surface area contributed by atoms with Gasteiger partial charge >= 0.3 is 0 Å². The summed E-state index contributed by atoms with van der Waals surface area (Å²) in [4.78, 5) is 4.17. The lowest BCUT2D eigenvalue weighted by atomic mass is 9.97. The van der Waals surface area contributed by atoms with Gasteiger partial charge in [-0.2, -0.15) is 0 Å². The Bertz CT molecular complexity index is 704. The number of aryl methyl sites for hydroxylation is 1. The first-order chi connectivity index (χ1) is 10.3. The number of benzene rings is 2. The third-order valence-electron chi connectivity index (χ3n) is 3.86. The van der Waals surface area contributed by atoms with E-state index in [0.717, 1.165) is 35.6 Å². The number of hydrogen-bond donors (Lipinski definition) is 1. The number of nitrogens with zero attached hydrogens (tertiary/aromatic N) is 1. The quantitative estimate of drug-likeness (QED) is 0.754. The lowest BCUT2D eigenvalue weighted by molar-refractivity contribution is 0.166. The monoisotopic (exact) mass is 277 g/mol. The predicted octanol–water partition coefficient (Wildman–Crippen LogP) is 4.29. The second-order valence-electron chi connectivity index (χ2n) is 5.34. The summed E-state index contributed by atoms with van der Waals surface area (Å²) in [5.74, 6) is 0. The van der Waals surface area contributed by atoms with Gasteiger partial charge in [0.2, 0.25) is 0 Å². The Hall–Kier alpha value is -2.19. The van der Waals surface area contributed by atoms with Gasteiger partial charge in [0.15, 0.2) is 0 Å². The maximum Gasteiger partial charge on any atom is 0.0796 e. The van der Waals surface area contributed by atoms with Gasteiger partial charge in [0.05, 0.1) is 6.10 Å². The highest BCUT2D eigenvalue weighted by atomic mass is 16.3. The summed E-state index contributed by atoms with van der Waals surface area (Å²) in [6.45, 7) is 0. The standard InChI is InChI=1S/C19H19NO/c21-19(11-4-8-15-6-2-1-3-7-15)17-10-5-9-16-12-13-20-14-18(16)17/h1-3,5-7,9-10,12-14,19,21H,4,8,11H2. The van der Waals surface area contributed by atoms with Gasteiger partial charge in [-0.15, -0.1) is 0 Å². The van der Waals surface area contributed by atoms with Crippen molar-refractivity contribution in [1.29, 1.82) is 0 Å².